The van der Waals surface area contributed by atoms with Crippen molar-refractivity contribution in [1.82, 2.24) is 15.1 Å². The summed E-state index contributed by atoms with van der Waals surface area (Å²) in [5.74, 6) is 0.255. The molecule has 2 heterocycles. The van der Waals surface area contributed by atoms with E-state index >= 15 is 0 Å². The molecule has 4 nitrogen and oxygen atoms in total. The maximum absolute atomic E-state index is 11.4. The van der Waals surface area contributed by atoms with Gasteiger partial charge in [-0.25, -0.2) is 0 Å². The van der Waals surface area contributed by atoms with Crippen LogP contribution >= 0.6 is 0 Å². The van der Waals surface area contributed by atoms with Gasteiger partial charge in [0.1, 0.15) is 0 Å². The van der Waals surface area contributed by atoms with E-state index in [1.165, 1.54) is 0 Å². The minimum absolute atomic E-state index is 0.255. The zero-order valence-electron chi connectivity index (χ0n) is 8.29. The van der Waals surface area contributed by atoms with Crippen molar-refractivity contribution in [2.45, 2.75) is 19.0 Å². The van der Waals surface area contributed by atoms with Gasteiger partial charge in [-0.15, -0.1) is 0 Å². The quantitative estimate of drug-likeness (QED) is 0.530. The molecule has 2 rings (SSSR count). The van der Waals surface area contributed by atoms with Gasteiger partial charge in [-0.1, -0.05) is 0 Å². The summed E-state index contributed by atoms with van der Waals surface area (Å²) in [6, 6.07) is 1.05. The first-order valence-electron chi connectivity index (χ1n) is 4.88. The summed E-state index contributed by atoms with van der Waals surface area (Å²) >= 11 is 0. The minimum atomic E-state index is 0.255. The molecule has 0 bridgehead atoms. The SMILES string of the molecule is CC1CN2CC(=O)N(C)CC2CN1. The van der Waals surface area contributed by atoms with Gasteiger partial charge >= 0.3 is 0 Å². The van der Waals surface area contributed by atoms with Crippen LogP contribution in [0.1, 0.15) is 6.92 Å². The van der Waals surface area contributed by atoms with Crippen molar-refractivity contribution in [1.29, 1.82) is 0 Å². The Morgan fingerprint density at radius 1 is 1.46 bits per heavy atom. The Kier molecular flexibility index (Phi) is 2.26. The van der Waals surface area contributed by atoms with E-state index < -0.39 is 0 Å². The maximum atomic E-state index is 11.4. The number of piperazine rings is 2. The Balaban J connectivity index is 2.02. The van der Waals surface area contributed by atoms with Gasteiger partial charge in [-0.05, 0) is 6.92 Å². The molecule has 74 valence electrons. The van der Waals surface area contributed by atoms with Crippen molar-refractivity contribution in [2.24, 2.45) is 0 Å². The standard InChI is InChI=1S/C9H17N3O/c1-7-4-12-6-9(13)11(2)5-8(12)3-10-7/h7-8,10H,3-6H2,1-2H3. The predicted molar refractivity (Wildman–Crippen MR) is 50.5 cm³/mol. The highest BCUT2D eigenvalue weighted by atomic mass is 16.2. The van der Waals surface area contributed by atoms with Crippen LogP contribution in [0.5, 0.6) is 0 Å². The molecule has 0 aromatic rings. The molecule has 0 aliphatic carbocycles. The number of hydrogen-bond donors (Lipinski definition) is 1. The maximum Gasteiger partial charge on any atom is 0.236 e. The normalized spacial score (nSPS) is 36.2. The van der Waals surface area contributed by atoms with Crippen LogP contribution in [0, 0.1) is 0 Å². The van der Waals surface area contributed by atoms with Crippen molar-refractivity contribution in [3.05, 3.63) is 0 Å². The second kappa shape index (κ2) is 3.27. The lowest BCUT2D eigenvalue weighted by atomic mass is 10.1. The van der Waals surface area contributed by atoms with Crippen LogP contribution in [-0.2, 0) is 4.79 Å². The molecule has 2 unspecified atom stereocenters. The van der Waals surface area contributed by atoms with Gasteiger partial charge < -0.3 is 10.2 Å². The minimum Gasteiger partial charge on any atom is -0.343 e. The number of carbonyl (C=O) groups excluding carboxylic acids is 1. The first-order valence-corrected chi connectivity index (χ1v) is 4.88. The number of likely N-dealkylation sites (N-methyl/N-ethyl adjacent to an activating group) is 1. The zero-order chi connectivity index (χ0) is 9.42. The molecule has 1 N–H and O–H groups in total. The largest absolute Gasteiger partial charge is 0.343 e. The summed E-state index contributed by atoms with van der Waals surface area (Å²) in [6.45, 7) is 5.66. The van der Waals surface area contributed by atoms with Crippen LogP contribution < -0.4 is 5.32 Å². The zero-order valence-corrected chi connectivity index (χ0v) is 8.29. The van der Waals surface area contributed by atoms with Gasteiger partial charge in [0, 0.05) is 38.8 Å². The third-order valence-corrected chi connectivity index (χ3v) is 2.98. The van der Waals surface area contributed by atoms with Crippen LogP contribution in [0.25, 0.3) is 0 Å². The van der Waals surface area contributed by atoms with E-state index in [2.05, 4.69) is 17.1 Å². The molecule has 1 amide bonds. The highest BCUT2D eigenvalue weighted by Gasteiger charge is 2.33. The molecule has 4 heteroatoms. The predicted octanol–water partition coefficient (Wildman–Crippen LogP) is -0.879. The molecule has 2 atom stereocenters. The van der Waals surface area contributed by atoms with Crippen molar-refractivity contribution in [3.63, 3.8) is 0 Å². The van der Waals surface area contributed by atoms with Crippen LogP contribution in [0.3, 0.4) is 0 Å². The van der Waals surface area contributed by atoms with E-state index in [0.29, 0.717) is 18.6 Å². The van der Waals surface area contributed by atoms with Gasteiger partial charge in [0.25, 0.3) is 0 Å². The molecule has 13 heavy (non-hydrogen) atoms. The summed E-state index contributed by atoms with van der Waals surface area (Å²) in [6.07, 6.45) is 0. The molecule has 2 aliphatic rings. The van der Waals surface area contributed by atoms with E-state index in [1.807, 2.05) is 11.9 Å². The smallest absolute Gasteiger partial charge is 0.236 e. The average molecular weight is 183 g/mol. The van der Waals surface area contributed by atoms with Crippen molar-refractivity contribution >= 4 is 5.91 Å². The van der Waals surface area contributed by atoms with E-state index in [9.17, 15) is 4.79 Å². The van der Waals surface area contributed by atoms with Crippen LogP contribution in [-0.4, -0.2) is 61.0 Å². The third kappa shape index (κ3) is 1.69. The van der Waals surface area contributed by atoms with E-state index in [4.69, 9.17) is 0 Å². The Hall–Kier alpha value is -0.610. The Morgan fingerprint density at radius 2 is 2.23 bits per heavy atom. The first kappa shape index (κ1) is 8.97. The molecule has 2 fully saturated rings. The highest BCUT2D eigenvalue weighted by Crippen LogP contribution is 2.12. The summed E-state index contributed by atoms with van der Waals surface area (Å²) in [5, 5.41) is 3.44. The molecular weight excluding hydrogens is 166 g/mol. The summed E-state index contributed by atoms with van der Waals surface area (Å²) < 4.78 is 0. The molecule has 0 radical (unpaired) electrons. The second-order valence-electron chi connectivity index (χ2n) is 4.17. The summed E-state index contributed by atoms with van der Waals surface area (Å²) in [4.78, 5) is 15.5. The fraction of sp³-hybridized carbons (Fsp3) is 0.889. The highest BCUT2D eigenvalue weighted by molar-refractivity contribution is 5.78. The number of amides is 1. The number of rotatable bonds is 0. The molecule has 2 aliphatic heterocycles. The lowest BCUT2D eigenvalue weighted by molar-refractivity contribution is -0.137. The fourth-order valence-corrected chi connectivity index (χ4v) is 2.12. The summed E-state index contributed by atoms with van der Waals surface area (Å²) in [7, 11) is 1.89. The lowest BCUT2D eigenvalue weighted by Gasteiger charge is -2.44. The monoisotopic (exact) mass is 183 g/mol. The Bertz CT molecular complexity index is 219. The van der Waals surface area contributed by atoms with Gasteiger partial charge in [0.15, 0.2) is 0 Å². The number of carbonyl (C=O) groups is 1. The first-order chi connectivity index (χ1) is 6.16. The molecular formula is C9H17N3O. The number of nitrogens with one attached hydrogen (secondary N) is 1. The molecule has 0 saturated carbocycles. The van der Waals surface area contributed by atoms with Crippen LogP contribution in [0.4, 0.5) is 0 Å². The fourth-order valence-electron chi connectivity index (χ4n) is 2.12. The van der Waals surface area contributed by atoms with Crippen molar-refractivity contribution in [2.75, 3.05) is 33.2 Å². The number of hydrogen-bond acceptors (Lipinski definition) is 3. The molecule has 0 aromatic heterocycles. The van der Waals surface area contributed by atoms with Crippen LogP contribution in [0.2, 0.25) is 0 Å². The van der Waals surface area contributed by atoms with E-state index in [1.54, 1.807) is 0 Å². The van der Waals surface area contributed by atoms with Crippen molar-refractivity contribution < 1.29 is 4.79 Å². The lowest BCUT2D eigenvalue weighted by Crippen LogP contribution is -2.64. The molecule has 0 aromatic carbocycles. The number of nitrogens with zero attached hydrogens (tertiary/aromatic N) is 2. The van der Waals surface area contributed by atoms with Gasteiger partial charge in [-0.2, -0.15) is 0 Å². The van der Waals surface area contributed by atoms with Gasteiger partial charge in [0.2, 0.25) is 5.91 Å². The number of fused-ring (bicyclic) bond motifs is 1. The molecule has 2 saturated heterocycles. The topological polar surface area (TPSA) is 35.6 Å². The third-order valence-electron chi connectivity index (χ3n) is 2.98. The van der Waals surface area contributed by atoms with Gasteiger partial charge in [-0.3, -0.25) is 9.69 Å². The van der Waals surface area contributed by atoms with E-state index in [0.717, 1.165) is 19.6 Å². The van der Waals surface area contributed by atoms with Crippen LogP contribution in [0.15, 0.2) is 0 Å². The van der Waals surface area contributed by atoms with E-state index in [-0.39, 0.29) is 5.91 Å². The van der Waals surface area contributed by atoms with Gasteiger partial charge in [0.05, 0.1) is 6.54 Å². The second-order valence-corrected chi connectivity index (χ2v) is 4.17. The van der Waals surface area contributed by atoms with Crippen molar-refractivity contribution in [3.8, 4) is 0 Å². The average Bonchev–Trinajstić information content (AvgIpc) is 2.08. The molecule has 0 spiro atoms. The Morgan fingerprint density at radius 3 is 3.00 bits per heavy atom. The summed E-state index contributed by atoms with van der Waals surface area (Å²) in [5.41, 5.74) is 0. The Labute approximate surface area is 78.9 Å².